The standard InChI is InChI=1S/C16H30N2O3/c1-15(2,3)11-9-8-10-18(11)13(19)12(16(4,5)6)17-14(20)21-7/h11-12H,8-10H2,1-7H3,(H,17,20). The molecule has 0 aromatic carbocycles. The minimum atomic E-state index is -0.576. The predicted molar refractivity (Wildman–Crippen MR) is 83.0 cm³/mol. The van der Waals surface area contributed by atoms with Crippen LogP contribution in [0.25, 0.3) is 0 Å². The van der Waals surface area contributed by atoms with Crippen molar-refractivity contribution in [3.63, 3.8) is 0 Å². The molecule has 1 aliphatic heterocycles. The Hall–Kier alpha value is -1.26. The normalized spacial score (nSPS) is 21.1. The van der Waals surface area contributed by atoms with E-state index in [1.165, 1.54) is 7.11 Å². The molecule has 1 rings (SSSR count). The van der Waals surface area contributed by atoms with Crippen molar-refractivity contribution in [3.05, 3.63) is 0 Å². The van der Waals surface area contributed by atoms with Gasteiger partial charge in [0.25, 0.3) is 0 Å². The molecular weight excluding hydrogens is 268 g/mol. The Kier molecular flexibility index (Phi) is 5.29. The monoisotopic (exact) mass is 298 g/mol. The third-order valence-corrected chi connectivity index (χ3v) is 4.10. The molecule has 0 aromatic rings. The molecule has 5 nitrogen and oxygen atoms in total. The van der Waals surface area contributed by atoms with Crippen LogP contribution in [0, 0.1) is 10.8 Å². The molecule has 0 spiro atoms. The fourth-order valence-electron chi connectivity index (χ4n) is 2.92. The van der Waals surface area contributed by atoms with Crippen molar-refractivity contribution in [2.75, 3.05) is 13.7 Å². The Labute approximate surface area is 128 Å². The van der Waals surface area contributed by atoms with Crippen molar-refractivity contribution in [2.45, 2.75) is 66.5 Å². The average Bonchev–Trinajstić information content (AvgIpc) is 2.82. The summed E-state index contributed by atoms with van der Waals surface area (Å²) in [5, 5.41) is 2.70. The highest BCUT2D eigenvalue weighted by molar-refractivity contribution is 5.87. The van der Waals surface area contributed by atoms with E-state index >= 15 is 0 Å². The fourth-order valence-corrected chi connectivity index (χ4v) is 2.92. The number of ether oxygens (including phenoxy) is 1. The number of rotatable bonds is 2. The minimum absolute atomic E-state index is 0.00896. The van der Waals surface area contributed by atoms with Crippen LogP contribution in [-0.2, 0) is 9.53 Å². The van der Waals surface area contributed by atoms with Crippen LogP contribution in [0.1, 0.15) is 54.4 Å². The van der Waals surface area contributed by atoms with E-state index in [2.05, 4.69) is 30.8 Å². The van der Waals surface area contributed by atoms with E-state index in [0.29, 0.717) is 0 Å². The number of hydrogen-bond acceptors (Lipinski definition) is 3. The summed E-state index contributed by atoms with van der Waals surface area (Å²) in [6.07, 6.45) is 1.47. The van der Waals surface area contributed by atoms with Crippen molar-refractivity contribution < 1.29 is 14.3 Å². The lowest BCUT2D eigenvalue weighted by Gasteiger charge is -2.39. The van der Waals surface area contributed by atoms with Crippen molar-refractivity contribution in [2.24, 2.45) is 10.8 Å². The number of likely N-dealkylation sites (tertiary alicyclic amines) is 1. The first-order chi connectivity index (χ1) is 9.48. The molecule has 2 amide bonds. The highest BCUT2D eigenvalue weighted by Gasteiger charge is 2.43. The van der Waals surface area contributed by atoms with Gasteiger partial charge in [-0.25, -0.2) is 4.79 Å². The van der Waals surface area contributed by atoms with E-state index in [1.807, 2.05) is 25.7 Å². The van der Waals surface area contributed by atoms with Gasteiger partial charge in [0.1, 0.15) is 6.04 Å². The highest BCUT2D eigenvalue weighted by atomic mass is 16.5. The zero-order valence-corrected chi connectivity index (χ0v) is 14.4. The van der Waals surface area contributed by atoms with Gasteiger partial charge in [0.2, 0.25) is 5.91 Å². The largest absolute Gasteiger partial charge is 0.453 e. The van der Waals surface area contributed by atoms with Crippen LogP contribution in [0.5, 0.6) is 0 Å². The second-order valence-electron chi connectivity index (χ2n) is 7.99. The smallest absolute Gasteiger partial charge is 0.407 e. The molecule has 5 heteroatoms. The lowest BCUT2D eigenvalue weighted by atomic mass is 9.82. The first-order valence-corrected chi connectivity index (χ1v) is 7.63. The zero-order chi connectivity index (χ0) is 16.4. The van der Waals surface area contributed by atoms with Crippen LogP contribution in [0.3, 0.4) is 0 Å². The fraction of sp³-hybridized carbons (Fsp3) is 0.875. The van der Waals surface area contributed by atoms with Crippen LogP contribution < -0.4 is 5.32 Å². The molecule has 1 fully saturated rings. The molecule has 0 aromatic heterocycles. The molecule has 1 saturated heterocycles. The third kappa shape index (κ3) is 4.35. The Balaban J connectivity index is 2.97. The van der Waals surface area contributed by atoms with Gasteiger partial charge in [0.15, 0.2) is 0 Å². The van der Waals surface area contributed by atoms with Gasteiger partial charge >= 0.3 is 6.09 Å². The van der Waals surface area contributed by atoms with Gasteiger partial charge in [-0.1, -0.05) is 41.5 Å². The second kappa shape index (κ2) is 6.24. The number of amides is 2. The van der Waals surface area contributed by atoms with E-state index in [9.17, 15) is 9.59 Å². The summed E-state index contributed by atoms with van der Waals surface area (Å²) in [6.45, 7) is 13.1. The summed E-state index contributed by atoms with van der Waals surface area (Å²) in [5.41, 5.74) is -0.323. The highest BCUT2D eigenvalue weighted by Crippen LogP contribution is 2.34. The first-order valence-electron chi connectivity index (χ1n) is 7.63. The second-order valence-corrected chi connectivity index (χ2v) is 7.99. The number of nitrogens with one attached hydrogen (secondary N) is 1. The van der Waals surface area contributed by atoms with Crippen LogP contribution >= 0.6 is 0 Å². The number of methoxy groups -OCH3 is 1. The average molecular weight is 298 g/mol. The minimum Gasteiger partial charge on any atom is -0.453 e. The third-order valence-electron chi connectivity index (χ3n) is 4.10. The molecule has 1 heterocycles. The zero-order valence-electron chi connectivity index (χ0n) is 14.4. The molecule has 0 aliphatic carbocycles. The molecule has 1 aliphatic rings. The number of alkyl carbamates (subject to hydrolysis) is 1. The topological polar surface area (TPSA) is 58.6 Å². The quantitative estimate of drug-likeness (QED) is 0.853. The maximum atomic E-state index is 13.0. The van der Waals surface area contributed by atoms with Crippen LogP contribution in [0.2, 0.25) is 0 Å². The van der Waals surface area contributed by atoms with Gasteiger partial charge in [0.05, 0.1) is 7.11 Å². The molecule has 0 bridgehead atoms. The van der Waals surface area contributed by atoms with E-state index in [1.54, 1.807) is 0 Å². The number of carbonyl (C=O) groups excluding carboxylic acids is 2. The van der Waals surface area contributed by atoms with Gasteiger partial charge in [-0.15, -0.1) is 0 Å². The first kappa shape index (κ1) is 17.8. The predicted octanol–water partition coefficient (Wildman–Crippen LogP) is 2.79. The van der Waals surface area contributed by atoms with E-state index in [-0.39, 0.29) is 22.8 Å². The SMILES string of the molecule is COC(=O)NC(C(=O)N1CCCC1C(C)(C)C)C(C)(C)C. The van der Waals surface area contributed by atoms with Gasteiger partial charge in [-0.3, -0.25) is 4.79 Å². The maximum absolute atomic E-state index is 13.0. The summed E-state index contributed by atoms with van der Waals surface area (Å²) >= 11 is 0. The van der Waals surface area contributed by atoms with Gasteiger partial charge in [-0.2, -0.15) is 0 Å². The van der Waals surface area contributed by atoms with Gasteiger partial charge in [0, 0.05) is 12.6 Å². The summed E-state index contributed by atoms with van der Waals surface area (Å²) in [7, 11) is 1.31. The Bertz CT molecular complexity index is 393. The Morgan fingerprint density at radius 2 is 1.76 bits per heavy atom. The summed E-state index contributed by atoms with van der Waals surface area (Å²) in [5.74, 6) is -0.00896. The number of hydrogen-bond donors (Lipinski definition) is 1. The molecular formula is C16H30N2O3. The van der Waals surface area contributed by atoms with E-state index < -0.39 is 12.1 Å². The van der Waals surface area contributed by atoms with Crippen LogP contribution in [-0.4, -0.2) is 42.6 Å². The number of nitrogens with zero attached hydrogens (tertiary/aromatic N) is 1. The summed E-state index contributed by atoms with van der Waals surface area (Å²) in [4.78, 5) is 26.5. The molecule has 2 unspecified atom stereocenters. The molecule has 122 valence electrons. The number of carbonyl (C=O) groups is 2. The van der Waals surface area contributed by atoms with E-state index in [4.69, 9.17) is 0 Å². The van der Waals surface area contributed by atoms with Crippen molar-refractivity contribution in [3.8, 4) is 0 Å². The maximum Gasteiger partial charge on any atom is 0.407 e. The summed E-state index contributed by atoms with van der Waals surface area (Å²) < 4.78 is 4.66. The lowest BCUT2D eigenvalue weighted by Crippen LogP contribution is -2.57. The van der Waals surface area contributed by atoms with Crippen molar-refractivity contribution in [1.82, 2.24) is 10.2 Å². The Morgan fingerprint density at radius 1 is 1.19 bits per heavy atom. The molecule has 0 radical (unpaired) electrons. The molecule has 21 heavy (non-hydrogen) atoms. The summed E-state index contributed by atoms with van der Waals surface area (Å²) in [6, 6.07) is -0.359. The van der Waals surface area contributed by atoms with Crippen LogP contribution in [0.15, 0.2) is 0 Å². The van der Waals surface area contributed by atoms with E-state index in [0.717, 1.165) is 19.4 Å². The molecule has 0 saturated carbocycles. The van der Waals surface area contributed by atoms with Crippen molar-refractivity contribution in [1.29, 1.82) is 0 Å². The van der Waals surface area contributed by atoms with Crippen LogP contribution in [0.4, 0.5) is 4.79 Å². The molecule has 1 N–H and O–H groups in total. The van der Waals surface area contributed by atoms with Gasteiger partial charge < -0.3 is 15.0 Å². The van der Waals surface area contributed by atoms with Crippen molar-refractivity contribution >= 4 is 12.0 Å². The molecule has 2 atom stereocenters. The van der Waals surface area contributed by atoms with Gasteiger partial charge in [-0.05, 0) is 23.7 Å². The Morgan fingerprint density at radius 3 is 2.19 bits per heavy atom. The lowest BCUT2D eigenvalue weighted by molar-refractivity contribution is -0.138.